The van der Waals surface area contributed by atoms with Crippen molar-refractivity contribution in [2.24, 2.45) is 0 Å². The molecule has 0 bridgehead atoms. The van der Waals surface area contributed by atoms with E-state index in [-0.39, 0.29) is 0 Å². The fourth-order valence-electron chi connectivity index (χ4n) is 3.79. The monoisotopic (exact) mass is 516 g/mol. The van der Waals surface area contributed by atoms with E-state index in [0.29, 0.717) is 35.5 Å². The first-order valence-corrected chi connectivity index (χ1v) is 12.1. The largest absolute Gasteiger partial charge is 0.387 e. The summed E-state index contributed by atoms with van der Waals surface area (Å²) in [5.41, 5.74) is 14.2. The quantitative estimate of drug-likeness (QED) is 0.293. The maximum absolute atomic E-state index is 11.2. The lowest BCUT2D eigenvalue weighted by Crippen LogP contribution is -2.42. The molecule has 4 rings (SSSR count). The first kappa shape index (κ1) is 22.8. The van der Waals surface area contributed by atoms with Gasteiger partial charge in [-0.1, -0.05) is 12.1 Å². The van der Waals surface area contributed by atoms with Crippen LogP contribution in [0.25, 0.3) is 21.9 Å². The van der Waals surface area contributed by atoms with E-state index in [9.17, 15) is 10.2 Å². The van der Waals surface area contributed by atoms with Crippen molar-refractivity contribution < 1.29 is 10.2 Å². The van der Waals surface area contributed by atoms with E-state index in [0.717, 1.165) is 20.9 Å². The molecule has 8 nitrogen and oxygen atoms in total. The summed E-state index contributed by atoms with van der Waals surface area (Å²) < 4.78 is 1.69. The van der Waals surface area contributed by atoms with Gasteiger partial charge in [-0.25, -0.2) is 15.0 Å². The highest BCUT2D eigenvalue weighted by atomic mass is 79.9. The molecule has 0 unspecified atom stereocenters. The molecular weight excluding hydrogens is 492 g/mol. The third-order valence-corrected chi connectivity index (χ3v) is 7.99. The van der Waals surface area contributed by atoms with Crippen molar-refractivity contribution >= 4 is 61.3 Å². The molecule has 10 heteroatoms. The Bertz CT molecular complexity index is 1280. The van der Waals surface area contributed by atoms with Crippen molar-refractivity contribution in [3.63, 3.8) is 0 Å². The second-order valence-electron chi connectivity index (χ2n) is 7.98. The summed E-state index contributed by atoms with van der Waals surface area (Å²) in [5, 5.41) is 23.8. The summed E-state index contributed by atoms with van der Waals surface area (Å²) in [4.78, 5) is 12.6. The lowest BCUT2D eigenvalue weighted by Gasteiger charge is -2.36. The van der Waals surface area contributed by atoms with Gasteiger partial charge in [0.1, 0.15) is 29.7 Å². The zero-order chi connectivity index (χ0) is 23.0. The molecule has 3 aromatic heterocycles. The molecule has 3 heterocycles. The molecular formula is C22H25BrN6O2S. The van der Waals surface area contributed by atoms with Crippen molar-refractivity contribution in [2.75, 3.05) is 17.7 Å². The number of benzene rings is 1. The molecule has 0 saturated carbocycles. The fourth-order valence-corrected chi connectivity index (χ4v) is 4.80. The van der Waals surface area contributed by atoms with Crippen LogP contribution in [0.5, 0.6) is 0 Å². The van der Waals surface area contributed by atoms with E-state index in [1.54, 1.807) is 12.3 Å². The van der Waals surface area contributed by atoms with E-state index >= 15 is 0 Å². The molecule has 0 aliphatic rings. The van der Waals surface area contributed by atoms with Crippen LogP contribution < -0.4 is 11.5 Å². The number of nitrogens with zero attached hydrogens (tertiary/aromatic N) is 4. The van der Waals surface area contributed by atoms with Gasteiger partial charge >= 0.3 is 0 Å². The minimum absolute atomic E-state index is 0.334. The Morgan fingerprint density at radius 3 is 2.69 bits per heavy atom. The zero-order valence-electron chi connectivity index (χ0n) is 17.7. The number of aliphatic hydroxyl groups is 2. The molecule has 0 aliphatic carbocycles. The molecule has 32 heavy (non-hydrogen) atoms. The predicted molar refractivity (Wildman–Crippen MR) is 133 cm³/mol. The molecule has 0 spiro atoms. The summed E-state index contributed by atoms with van der Waals surface area (Å²) in [6.45, 7) is 1.95. The maximum atomic E-state index is 11.2. The van der Waals surface area contributed by atoms with Gasteiger partial charge in [0.05, 0.1) is 15.4 Å². The number of nitrogen functional groups attached to an aromatic ring is 2. The van der Waals surface area contributed by atoms with Crippen LogP contribution in [-0.2, 0) is 6.42 Å². The number of nitrogens with two attached hydrogens (primary N) is 2. The third-order valence-electron chi connectivity index (χ3n) is 5.97. The van der Waals surface area contributed by atoms with Crippen LogP contribution in [0.2, 0.25) is 0 Å². The molecule has 0 amide bonds. The standard InChI is InChI=1S/C22H25BrN6O2S/c1-22(32-2,7-5-12-3-4-13-10-15(23)19(25)28-16(13)9-12)17(30)21(31)29-8-6-14-18(24)26-11-27-20(14)29/h3-4,6,8-11,17,21,30-31H,5,7H2,1-2H3,(H2,25,28)(H2,24,26,27)/t17-,21+,22+/m0/s1. The average Bonchev–Trinajstić information content (AvgIpc) is 3.23. The first-order valence-electron chi connectivity index (χ1n) is 10.1. The highest BCUT2D eigenvalue weighted by molar-refractivity contribution is 9.10. The third kappa shape index (κ3) is 4.15. The van der Waals surface area contributed by atoms with E-state index < -0.39 is 17.1 Å². The van der Waals surface area contributed by atoms with Crippen LogP contribution in [0.1, 0.15) is 25.1 Å². The number of anilines is 2. The van der Waals surface area contributed by atoms with Crippen molar-refractivity contribution in [1.82, 2.24) is 19.5 Å². The number of thioether (sulfide) groups is 1. The van der Waals surface area contributed by atoms with Crippen molar-refractivity contribution in [2.45, 2.75) is 36.8 Å². The Hall–Kier alpha value is -2.40. The second-order valence-corrected chi connectivity index (χ2v) is 10.2. The number of aliphatic hydroxyl groups excluding tert-OH is 2. The second kappa shape index (κ2) is 8.86. The lowest BCUT2D eigenvalue weighted by molar-refractivity contribution is -0.0446. The van der Waals surface area contributed by atoms with Gasteiger partial charge in [0.15, 0.2) is 6.23 Å². The van der Waals surface area contributed by atoms with Gasteiger partial charge in [0.2, 0.25) is 0 Å². The Morgan fingerprint density at radius 2 is 1.94 bits per heavy atom. The van der Waals surface area contributed by atoms with Gasteiger partial charge in [-0.05, 0) is 65.7 Å². The summed E-state index contributed by atoms with van der Waals surface area (Å²) >= 11 is 4.93. The van der Waals surface area contributed by atoms with E-state index in [2.05, 4.69) is 36.9 Å². The Kier molecular flexibility index (Phi) is 6.30. The van der Waals surface area contributed by atoms with Crippen LogP contribution in [-0.4, -0.2) is 46.8 Å². The molecule has 0 aliphatic heterocycles. The molecule has 4 aromatic rings. The highest BCUT2D eigenvalue weighted by Crippen LogP contribution is 2.37. The minimum atomic E-state index is -1.19. The van der Waals surface area contributed by atoms with Gasteiger partial charge in [-0.15, -0.1) is 0 Å². The van der Waals surface area contributed by atoms with Gasteiger partial charge in [0.25, 0.3) is 0 Å². The van der Waals surface area contributed by atoms with E-state index in [4.69, 9.17) is 11.5 Å². The van der Waals surface area contributed by atoms with Gasteiger partial charge in [-0.2, -0.15) is 11.8 Å². The normalized spacial score (nSPS) is 15.7. The minimum Gasteiger partial charge on any atom is -0.387 e. The highest BCUT2D eigenvalue weighted by Gasteiger charge is 2.38. The molecule has 0 saturated heterocycles. The maximum Gasteiger partial charge on any atom is 0.159 e. The molecule has 0 radical (unpaired) electrons. The summed E-state index contributed by atoms with van der Waals surface area (Å²) in [7, 11) is 0. The number of aryl methyl sites for hydroxylation is 1. The number of aromatic nitrogens is 4. The van der Waals surface area contributed by atoms with Crippen LogP contribution >= 0.6 is 27.7 Å². The zero-order valence-corrected chi connectivity index (χ0v) is 20.1. The molecule has 3 atom stereocenters. The SMILES string of the molecule is CS[C@](C)(CCc1ccc2cc(Br)c(N)nc2c1)[C@@H](O)[C@@H](O)n1ccc2c(N)ncnc21. The molecule has 0 fully saturated rings. The number of hydrogen-bond acceptors (Lipinski definition) is 8. The van der Waals surface area contributed by atoms with Crippen LogP contribution in [0.15, 0.2) is 47.3 Å². The van der Waals surface area contributed by atoms with E-state index in [1.165, 1.54) is 22.7 Å². The smallest absolute Gasteiger partial charge is 0.159 e. The van der Waals surface area contributed by atoms with Crippen LogP contribution in [0.3, 0.4) is 0 Å². The number of pyridine rings is 1. The van der Waals surface area contributed by atoms with Crippen LogP contribution in [0.4, 0.5) is 11.6 Å². The number of rotatable bonds is 7. The van der Waals surface area contributed by atoms with E-state index in [1.807, 2.05) is 31.4 Å². The summed E-state index contributed by atoms with van der Waals surface area (Å²) in [6, 6.07) is 9.77. The molecule has 168 valence electrons. The summed E-state index contributed by atoms with van der Waals surface area (Å²) in [5.74, 6) is 0.784. The van der Waals surface area contributed by atoms with Gasteiger partial charge < -0.3 is 26.2 Å². The van der Waals surface area contributed by atoms with Crippen molar-refractivity contribution in [1.29, 1.82) is 0 Å². The van der Waals surface area contributed by atoms with Crippen molar-refractivity contribution in [3.8, 4) is 0 Å². The van der Waals surface area contributed by atoms with Gasteiger partial charge in [0, 0.05) is 16.3 Å². The molecule has 1 aromatic carbocycles. The Morgan fingerprint density at radius 1 is 1.16 bits per heavy atom. The Balaban J connectivity index is 1.55. The topological polar surface area (TPSA) is 136 Å². The number of halogens is 1. The molecule has 6 N–H and O–H groups in total. The predicted octanol–water partition coefficient (Wildman–Crippen LogP) is 3.51. The average molecular weight is 517 g/mol. The summed E-state index contributed by atoms with van der Waals surface area (Å²) in [6.07, 6.45) is 4.06. The fraction of sp³-hybridized carbons (Fsp3) is 0.318. The van der Waals surface area contributed by atoms with Crippen molar-refractivity contribution in [3.05, 3.63) is 52.9 Å². The first-order chi connectivity index (χ1) is 15.2. The number of hydrogen-bond donors (Lipinski definition) is 4. The van der Waals surface area contributed by atoms with Crippen LogP contribution in [0, 0.1) is 0 Å². The number of fused-ring (bicyclic) bond motifs is 2. The lowest BCUT2D eigenvalue weighted by atomic mass is 9.93. The Labute approximate surface area is 198 Å². The van der Waals surface area contributed by atoms with Gasteiger partial charge in [-0.3, -0.25) is 0 Å².